The van der Waals surface area contributed by atoms with Gasteiger partial charge in [0, 0.05) is 35.3 Å². The van der Waals surface area contributed by atoms with Crippen LogP contribution in [0.5, 0.6) is 17.2 Å². The van der Waals surface area contributed by atoms with E-state index in [2.05, 4.69) is 10.3 Å². The summed E-state index contributed by atoms with van der Waals surface area (Å²) in [5.41, 5.74) is 8.38. The van der Waals surface area contributed by atoms with E-state index in [0.717, 1.165) is 11.1 Å². The summed E-state index contributed by atoms with van der Waals surface area (Å²) in [5, 5.41) is 2.88. The molecular formula is C28H25N3O5. The van der Waals surface area contributed by atoms with E-state index in [0.29, 0.717) is 40.7 Å². The van der Waals surface area contributed by atoms with E-state index < -0.39 is 5.91 Å². The Morgan fingerprint density at radius 1 is 0.833 bits per heavy atom. The van der Waals surface area contributed by atoms with E-state index in [1.165, 1.54) is 0 Å². The summed E-state index contributed by atoms with van der Waals surface area (Å²) in [7, 11) is 1.56. The third-order valence-electron chi connectivity index (χ3n) is 5.27. The number of methoxy groups -OCH3 is 1. The number of hydrogen-bond donors (Lipinski definition) is 2. The van der Waals surface area contributed by atoms with Crippen molar-refractivity contribution < 1.29 is 23.8 Å². The molecular weight excluding hydrogens is 458 g/mol. The average Bonchev–Trinajstić information content (AvgIpc) is 2.91. The van der Waals surface area contributed by atoms with Gasteiger partial charge in [0.1, 0.15) is 19.0 Å². The molecule has 0 aliphatic heterocycles. The van der Waals surface area contributed by atoms with Gasteiger partial charge in [0.15, 0.2) is 11.5 Å². The molecule has 8 nitrogen and oxygen atoms in total. The first-order valence-corrected chi connectivity index (χ1v) is 11.1. The molecule has 4 aromatic rings. The zero-order valence-corrected chi connectivity index (χ0v) is 19.6. The number of nitrogens with zero attached hydrogens (tertiary/aromatic N) is 1. The number of benzene rings is 3. The molecule has 3 N–H and O–H groups in total. The van der Waals surface area contributed by atoms with Crippen molar-refractivity contribution in [2.45, 2.75) is 13.2 Å². The monoisotopic (exact) mass is 483 g/mol. The Labute approximate surface area is 208 Å². The van der Waals surface area contributed by atoms with E-state index in [9.17, 15) is 9.59 Å². The molecule has 36 heavy (non-hydrogen) atoms. The van der Waals surface area contributed by atoms with Crippen LogP contribution >= 0.6 is 0 Å². The normalized spacial score (nSPS) is 10.4. The Hall–Kier alpha value is -4.85. The van der Waals surface area contributed by atoms with Gasteiger partial charge in [-0.3, -0.25) is 14.6 Å². The third kappa shape index (κ3) is 6.18. The van der Waals surface area contributed by atoms with E-state index in [1.807, 2.05) is 18.2 Å². The van der Waals surface area contributed by atoms with Crippen LogP contribution in [-0.2, 0) is 13.2 Å². The van der Waals surface area contributed by atoms with Crippen LogP contribution in [0.3, 0.4) is 0 Å². The van der Waals surface area contributed by atoms with Crippen molar-refractivity contribution in [3.05, 3.63) is 114 Å². The van der Waals surface area contributed by atoms with Crippen LogP contribution in [0.25, 0.3) is 0 Å². The van der Waals surface area contributed by atoms with Gasteiger partial charge in [0.2, 0.25) is 0 Å². The molecule has 8 heteroatoms. The topological polar surface area (TPSA) is 113 Å². The highest BCUT2D eigenvalue weighted by molar-refractivity contribution is 6.04. The molecule has 1 heterocycles. The van der Waals surface area contributed by atoms with Crippen LogP contribution in [0.4, 0.5) is 5.69 Å². The second-order valence-corrected chi connectivity index (χ2v) is 7.82. The van der Waals surface area contributed by atoms with Crippen LogP contribution in [0.1, 0.15) is 31.8 Å². The minimum Gasteiger partial charge on any atom is -0.493 e. The highest BCUT2D eigenvalue weighted by Gasteiger charge is 2.12. The summed E-state index contributed by atoms with van der Waals surface area (Å²) in [5.74, 6) is 0.568. The zero-order valence-electron chi connectivity index (χ0n) is 19.6. The molecule has 1 aromatic heterocycles. The lowest BCUT2D eigenvalue weighted by molar-refractivity contribution is 0.0994. The molecule has 0 saturated carbocycles. The summed E-state index contributed by atoms with van der Waals surface area (Å²) in [6, 6.07) is 22.7. The number of ether oxygens (including phenoxy) is 3. The summed E-state index contributed by atoms with van der Waals surface area (Å²) < 4.78 is 17.1. The lowest BCUT2D eigenvalue weighted by Crippen LogP contribution is -2.14. The standard InChI is InChI=1S/C28H25N3O5/c1-34-25-12-11-22(15-26(25)36-18-20-7-5-13-30-16-20)31-28(33)21-8-4-6-19(14-21)17-35-24-10-3-2-9-23(24)27(29)32/h2-16H,17-18H2,1H3,(H2,29,32)(H,31,33). The largest absolute Gasteiger partial charge is 0.493 e. The molecule has 0 fully saturated rings. The molecule has 0 aliphatic rings. The van der Waals surface area contributed by atoms with Gasteiger partial charge in [0.25, 0.3) is 11.8 Å². The van der Waals surface area contributed by atoms with Crippen LogP contribution in [0.2, 0.25) is 0 Å². The van der Waals surface area contributed by atoms with Crippen molar-refractivity contribution in [3.8, 4) is 17.2 Å². The predicted octanol–water partition coefficient (Wildman–Crippen LogP) is 4.60. The number of pyridine rings is 1. The van der Waals surface area contributed by atoms with Crippen LogP contribution in [0.15, 0.2) is 91.3 Å². The number of nitrogens with two attached hydrogens (primary N) is 1. The van der Waals surface area contributed by atoms with Gasteiger partial charge in [-0.25, -0.2) is 0 Å². The Morgan fingerprint density at radius 2 is 1.61 bits per heavy atom. The molecule has 3 aromatic carbocycles. The molecule has 0 aliphatic carbocycles. The molecule has 0 radical (unpaired) electrons. The smallest absolute Gasteiger partial charge is 0.255 e. The number of aromatic nitrogens is 1. The number of rotatable bonds is 10. The number of hydrogen-bond acceptors (Lipinski definition) is 6. The van der Waals surface area contributed by atoms with E-state index in [-0.39, 0.29) is 12.5 Å². The molecule has 0 spiro atoms. The van der Waals surface area contributed by atoms with Gasteiger partial charge in [-0.2, -0.15) is 0 Å². The zero-order chi connectivity index (χ0) is 25.3. The third-order valence-corrected chi connectivity index (χ3v) is 5.27. The van der Waals surface area contributed by atoms with Crippen molar-refractivity contribution in [3.63, 3.8) is 0 Å². The number of para-hydroxylation sites is 1. The maximum absolute atomic E-state index is 12.9. The van der Waals surface area contributed by atoms with Crippen LogP contribution < -0.4 is 25.3 Å². The van der Waals surface area contributed by atoms with Crippen molar-refractivity contribution in [2.75, 3.05) is 12.4 Å². The first kappa shape index (κ1) is 24.3. The second kappa shape index (κ2) is 11.5. The highest BCUT2D eigenvalue weighted by Crippen LogP contribution is 2.31. The van der Waals surface area contributed by atoms with Gasteiger partial charge < -0.3 is 25.3 Å². The van der Waals surface area contributed by atoms with Crippen LogP contribution in [0, 0.1) is 0 Å². The van der Waals surface area contributed by atoms with Crippen molar-refractivity contribution >= 4 is 17.5 Å². The highest BCUT2D eigenvalue weighted by atomic mass is 16.5. The first-order valence-electron chi connectivity index (χ1n) is 11.1. The number of amides is 2. The molecule has 2 amide bonds. The maximum Gasteiger partial charge on any atom is 0.255 e. The van der Waals surface area contributed by atoms with Crippen molar-refractivity contribution in [2.24, 2.45) is 5.73 Å². The van der Waals surface area contributed by atoms with E-state index >= 15 is 0 Å². The number of primary amides is 1. The van der Waals surface area contributed by atoms with Gasteiger partial charge >= 0.3 is 0 Å². The number of nitrogens with one attached hydrogen (secondary N) is 1. The fourth-order valence-electron chi connectivity index (χ4n) is 3.47. The number of carbonyl (C=O) groups is 2. The van der Waals surface area contributed by atoms with Gasteiger partial charge in [-0.15, -0.1) is 0 Å². The average molecular weight is 484 g/mol. The number of anilines is 1. The molecule has 0 unspecified atom stereocenters. The first-order chi connectivity index (χ1) is 17.5. The summed E-state index contributed by atoms with van der Waals surface area (Å²) in [4.78, 5) is 28.6. The summed E-state index contributed by atoms with van der Waals surface area (Å²) in [6.45, 7) is 0.475. The molecule has 4 rings (SSSR count). The van der Waals surface area contributed by atoms with E-state index in [4.69, 9.17) is 19.9 Å². The minimum atomic E-state index is -0.568. The lowest BCUT2D eigenvalue weighted by atomic mass is 10.1. The molecule has 182 valence electrons. The molecule has 0 atom stereocenters. The summed E-state index contributed by atoms with van der Waals surface area (Å²) in [6.07, 6.45) is 3.42. The Morgan fingerprint density at radius 3 is 2.39 bits per heavy atom. The van der Waals surface area contributed by atoms with Crippen molar-refractivity contribution in [1.82, 2.24) is 4.98 Å². The Bertz CT molecular complexity index is 1360. The Balaban J connectivity index is 1.43. The lowest BCUT2D eigenvalue weighted by Gasteiger charge is -2.13. The van der Waals surface area contributed by atoms with Gasteiger partial charge in [-0.05, 0) is 48.0 Å². The number of carbonyl (C=O) groups excluding carboxylic acids is 2. The Kier molecular flexibility index (Phi) is 7.77. The van der Waals surface area contributed by atoms with E-state index in [1.54, 1.807) is 80.2 Å². The molecule has 0 bridgehead atoms. The van der Waals surface area contributed by atoms with Gasteiger partial charge in [0.05, 0.1) is 12.7 Å². The fourth-order valence-corrected chi connectivity index (χ4v) is 3.47. The second-order valence-electron chi connectivity index (χ2n) is 7.82. The fraction of sp³-hybridized carbons (Fsp3) is 0.107. The van der Waals surface area contributed by atoms with Crippen LogP contribution in [-0.4, -0.2) is 23.9 Å². The summed E-state index contributed by atoms with van der Waals surface area (Å²) >= 11 is 0. The van der Waals surface area contributed by atoms with Gasteiger partial charge in [-0.1, -0.05) is 30.3 Å². The predicted molar refractivity (Wildman–Crippen MR) is 135 cm³/mol. The SMILES string of the molecule is COc1ccc(NC(=O)c2cccc(COc3ccccc3C(N)=O)c2)cc1OCc1cccnc1. The maximum atomic E-state index is 12.9. The quantitative estimate of drug-likeness (QED) is 0.341. The minimum absolute atomic E-state index is 0.167. The molecule has 0 saturated heterocycles. The van der Waals surface area contributed by atoms with Crippen molar-refractivity contribution in [1.29, 1.82) is 0 Å².